The minimum Gasteiger partial charge on any atom is -0.345 e. The summed E-state index contributed by atoms with van der Waals surface area (Å²) >= 11 is 1.76. The standard InChI is InChI=1S/C10H17NOS/c1-8(2)5-7-13-9-4-6-11(3)10(9)12/h5,9H,4,6-7H2,1-3H3. The van der Waals surface area contributed by atoms with Crippen molar-refractivity contribution in [3.63, 3.8) is 0 Å². The van der Waals surface area contributed by atoms with Crippen molar-refractivity contribution in [2.75, 3.05) is 19.3 Å². The highest BCUT2D eigenvalue weighted by Crippen LogP contribution is 2.23. The van der Waals surface area contributed by atoms with Gasteiger partial charge in [-0.15, -0.1) is 11.8 Å². The van der Waals surface area contributed by atoms with Gasteiger partial charge >= 0.3 is 0 Å². The van der Waals surface area contributed by atoms with E-state index in [9.17, 15) is 4.79 Å². The van der Waals surface area contributed by atoms with Crippen LogP contribution < -0.4 is 0 Å². The molecule has 0 aromatic rings. The molecule has 0 bridgehead atoms. The fraction of sp³-hybridized carbons (Fsp3) is 0.700. The molecule has 74 valence electrons. The Morgan fingerprint density at radius 1 is 1.69 bits per heavy atom. The first kappa shape index (κ1) is 10.6. The van der Waals surface area contributed by atoms with Gasteiger partial charge in [0.2, 0.25) is 5.91 Å². The third-order valence-electron chi connectivity index (χ3n) is 2.17. The van der Waals surface area contributed by atoms with Crippen LogP contribution in [-0.4, -0.2) is 35.4 Å². The zero-order valence-electron chi connectivity index (χ0n) is 8.54. The number of nitrogens with zero attached hydrogens (tertiary/aromatic N) is 1. The van der Waals surface area contributed by atoms with E-state index >= 15 is 0 Å². The minimum atomic E-state index is 0.209. The quantitative estimate of drug-likeness (QED) is 0.647. The van der Waals surface area contributed by atoms with Crippen LogP contribution in [0.4, 0.5) is 0 Å². The number of hydrogen-bond acceptors (Lipinski definition) is 2. The van der Waals surface area contributed by atoms with Gasteiger partial charge in [-0.05, 0) is 20.3 Å². The van der Waals surface area contributed by atoms with E-state index in [1.807, 2.05) is 11.9 Å². The van der Waals surface area contributed by atoms with Crippen LogP contribution in [0.2, 0.25) is 0 Å². The highest BCUT2D eigenvalue weighted by atomic mass is 32.2. The summed E-state index contributed by atoms with van der Waals surface area (Å²) in [4.78, 5) is 13.3. The van der Waals surface area contributed by atoms with Crippen LogP contribution in [0.15, 0.2) is 11.6 Å². The SMILES string of the molecule is CC(C)=CCSC1CCN(C)C1=O. The highest BCUT2D eigenvalue weighted by molar-refractivity contribution is 8.00. The van der Waals surface area contributed by atoms with Gasteiger partial charge < -0.3 is 4.90 Å². The Kier molecular flexibility index (Phi) is 3.85. The van der Waals surface area contributed by atoms with E-state index in [2.05, 4.69) is 19.9 Å². The van der Waals surface area contributed by atoms with Gasteiger partial charge in [-0.25, -0.2) is 0 Å². The lowest BCUT2D eigenvalue weighted by Gasteiger charge is -2.08. The Morgan fingerprint density at radius 3 is 2.85 bits per heavy atom. The number of allylic oxidation sites excluding steroid dienone is 1. The highest BCUT2D eigenvalue weighted by Gasteiger charge is 2.28. The van der Waals surface area contributed by atoms with Crippen LogP contribution in [0.1, 0.15) is 20.3 Å². The molecule has 1 fully saturated rings. The zero-order valence-corrected chi connectivity index (χ0v) is 9.36. The van der Waals surface area contributed by atoms with E-state index in [-0.39, 0.29) is 5.25 Å². The number of carbonyl (C=O) groups excluding carboxylic acids is 1. The maximum absolute atomic E-state index is 11.5. The third-order valence-corrected chi connectivity index (χ3v) is 3.37. The lowest BCUT2D eigenvalue weighted by Crippen LogP contribution is -2.23. The van der Waals surface area contributed by atoms with Crippen molar-refractivity contribution in [3.05, 3.63) is 11.6 Å². The van der Waals surface area contributed by atoms with Crippen LogP contribution in [-0.2, 0) is 4.79 Å². The van der Waals surface area contributed by atoms with Gasteiger partial charge in [-0.2, -0.15) is 0 Å². The van der Waals surface area contributed by atoms with Gasteiger partial charge in [0.15, 0.2) is 0 Å². The van der Waals surface area contributed by atoms with Crippen molar-refractivity contribution in [1.82, 2.24) is 4.90 Å². The van der Waals surface area contributed by atoms with Crippen molar-refractivity contribution in [1.29, 1.82) is 0 Å². The Hall–Kier alpha value is -0.440. The van der Waals surface area contributed by atoms with E-state index in [4.69, 9.17) is 0 Å². The fourth-order valence-electron chi connectivity index (χ4n) is 1.28. The third kappa shape index (κ3) is 3.07. The van der Waals surface area contributed by atoms with Crippen LogP contribution in [0.3, 0.4) is 0 Å². The molecular formula is C10H17NOS. The second-order valence-corrected chi connectivity index (χ2v) is 4.89. The Morgan fingerprint density at radius 2 is 2.38 bits per heavy atom. The molecule has 1 saturated heterocycles. The van der Waals surface area contributed by atoms with E-state index in [0.29, 0.717) is 5.91 Å². The summed E-state index contributed by atoms with van der Waals surface area (Å²) in [5.41, 5.74) is 1.33. The monoisotopic (exact) mass is 199 g/mol. The first-order valence-electron chi connectivity index (χ1n) is 4.61. The molecule has 0 N–H and O–H groups in total. The molecule has 0 aromatic heterocycles. The second kappa shape index (κ2) is 4.70. The molecule has 0 spiro atoms. The van der Waals surface area contributed by atoms with Gasteiger partial charge in [-0.1, -0.05) is 11.6 Å². The molecule has 0 saturated carbocycles. The van der Waals surface area contributed by atoms with Crippen LogP contribution in [0.25, 0.3) is 0 Å². The summed E-state index contributed by atoms with van der Waals surface area (Å²) in [6, 6.07) is 0. The Balaban J connectivity index is 2.31. The van der Waals surface area contributed by atoms with Crippen molar-refractivity contribution < 1.29 is 4.79 Å². The normalized spacial score (nSPS) is 22.2. The van der Waals surface area contributed by atoms with Gasteiger partial charge in [0, 0.05) is 19.3 Å². The molecule has 1 atom stereocenters. The summed E-state index contributed by atoms with van der Waals surface area (Å²) in [6.07, 6.45) is 3.19. The maximum atomic E-state index is 11.5. The van der Waals surface area contributed by atoms with Gasteiger partial charge in [-0.3, -0.25) is 4.79 Å². The number of rotatable bonds is 3. The molecule has 3 heteroatoms. The van der Waals surface area contributed by atoms with E-state index in [1.54, 1.807) is 11.8 Å². The van der Waals surface area contributed by atoms with Crippen molar-refractivity contribution >= 4 is 17.7 Å². The molecule has 1 amide bonds. The van der Waals surface area contributed by atoms with Crippen molar-refractivity contribution in [3.8, 4) is 0 Å². The molecule has 1 aliphatic heterocycles. The zero-order chi connectivity index (χ0) is 9.84. The lowest BCUT2D eigenvalue weighted by atomic mass is 10.3. The number of amides is 1. The predicted molar refractivity (Wildman–Crippen MR) is 57.9 cm³/mol. The number of carbonyl (C=O) groups is 1. The summed E-state index contributed by atoms with van der Waals surface area (Å²) in [7, 11) is 1.88. The average molecular weight is 199 g/mol. The Bertz CT molecular complexity index is 221. The molecule has 1 aliphatic rings. The largest absolute Gasteiger partial charge is 0.345 e. The van der Waals surface area contributed by atoms with Crippen LogP contribution >= 0.6 is 11.8 Å². The van der Waals surface area contributed by atoms with Gasteiger partial charge in [0.25, 0.3) is 0 Å². The molecule has 2 nitrogen and oxygen atoms in total. The summed E-state index contributed by atoms with van der Waals surface area (Å²) < 4.78 is 0. The molecule has 1 unspecified atom stereocenters. The summed E-state index contributed by atoms with van der Waals surface area (Å²) in [6.45, 7) is 5.09. The Labute approximate surface area is 84.4 Å². The summed E-state index contributed by atoms with van der Waals surface area (Å²) in [5, 5.41) is 0.209. The lowest BCUT2D eigenvalue weighted by molar-refractivity contribution is -0.126. The molecule has 0 aromatic carbocycles. The molecule has 0 aliphatic carbocycles. The smallest absolute Gasteiger partial charge is 0.235 e. The van der Waals surface area contributed by atoms with Crippen molar-refractivity contribution in [2.24, 2.45) is 0 Å². The predicted octanol–water partition coefficient (Wildman–Crippen LogP) is 1.92. The first-order valence-corrected chi connectivity index (χ1v) is 5.66. The number of hydrogen-bond donors (Lipinski definition) is 0. The van der Waals surface area contributed by atoms with E-state index in [1.165, 1.54) is 5.57 Å². The first-order chi connectivity index (χ1) is 6.11. The van der Waals surface area contributed by atoms with Gasteiger partial charge in [0.1, 0.15) is 0 Å². The molecule has 0 radical (unpaired) electrons. The molecular weight excluding hydrogens is 182 g/mol. The van der Waals surface area contributed by atoms with Crippen LogP contribution in [0, 0.1) is 0 Å². The minimum absolute atomic E-state index is 0.209. The van der Waals surface area contributed by atoms with Crippen molar-refractivity contribution in [2.45, 2.75) is 25.5 Å². The maximum Gasteiger partial charge on any atom is 0.235 e. The molecule has 13 heavy (non-hydrogen) atoms. The number of thioether (sulfide) groups is 1. The fourth-order valence-corrected chi connectivity index (χ4v) is 2.53. The average Bonchev–Trinajstić information content (AvgIpc) is 2.35. The van der Waals surface area contributed by atoms with E-state index < -0.39 is 0 Å². The van der Waals surface area contributed by atoms with E-state index in [0.717, 1.165) is 18.7 Å². The summed E-state index contributed by atoms with van der Waals surface area (Å²) in [5.74, 6) is 1.26. The number of likely N-dealkylation sites (tertiary alicyclic amines) is 1. The topological polar surface area (TPSA) is 20.3 Å². The molecule has 1 heterocycles. The van der Waals surface area contributed by atoms with Gasteiger partial charge in [0.05, 0.1) is 5.25 Å². The second-order valence-electron chi connectivity index (χ2n) is 3.65. The molecule has 1 rings (SSSR count). The van der Waals surface area contributed by atoms with Crippen LogP contribution in [0.5, 0.6) is 0 Å².